The summed E-state index contributed by atoms with van der Waals surface area (Å²) in [4.78, 5) is 13.5. The summed E-state index contributed by atoms with van der Waals surface area (Å²) in [6.07, 6.45) is 9.10. The van der Waals surface area contributed by atoms with Crippen LogP contribution in [-0.4, -0.2) is 46.3 Å². The van der Waals surface area contributed by atoms with Crippen molar-refractivity contribution in [1.82, 2.24) is 20.2 Å². The van der Waals surface area contributed by atoms with Crippen LogP contribution >= 0.6 is 0 Å². The second-order valence-electron chi connectivity index (χ2n) is 7.35. The van der Waals surface area contributed by atoms with Gasteiger partial charge in [0.1, 0.15) is 0 Å². The number of hydrogen-bond acceptors (Lipinski definition) is 6. The van der Waals surface area contributed by atoms with Crippen LogP contribution in [0.5, 0.6) is 0 Å². The van der Waals surface area contributed by atoms with E-state index >= 15 is 0 Å². The molecule has 2 saturated carbocycles. The van der Waals surface area contributed by atoms with Gasteiger partial charge in [-0.1, -0.05) is 0 Å². The van der Waals surface area contributed by atoms with Crippen LogP contribution in [0.15, 0.2) is 24.5 Å². The van der Waals surface area contributed by atoms with Crippen molar-refractivity contribution in [3.8, 4) is 0 Å². The van der Waals surface area contributed by atoms with Crippen LogP contribution in [-0.2, 0) is 0 Å². The van der Waals surface area contributed by atoms with Crippen LogP contribution in [0.3, 0.4) is 0 Å². The molecular weight excluding hydrogens is 300 g/mol. The lowest BCUT2D eigenvalue weighted by atomic mass is 10.1. The van der Waals surface area contributed by atoms with Gasteiger partial charge in [-0.05, 0) is 49.3 Å². The fraction of sp³-hybridized carbons (Fsp3) is 0.556. The zero-order valence-corrected chi connectivity index (χ0v) is 14.0. The molecule has 0 spiro atoms. The average Bonchev–Trinajstić information content (AvgIpc) is 3.47. The van der Waals surface area contributed by atoms with Gasteiger partial charge in [-0.15, -0.1) is 5.10 Å². The highest BCUT2D eigenvalue weighted by Crippen LogP contribution is 2.40. The van der Waals surface area contributed by atoms with Gasteiger partial charge < -0.3 is 9.80 Å². The van der Waals surface area contributed by atoms with E-state index in [1.54, 1.807) is 0 Å². The van der Waals surface area contributed by atoms with Crippen LogP contribution in [0.2, 0.25) is 0 Å². The summed E-state index contributed by atoms with van der Waals surface area (Å²) in [7, 11) is 2.08. The smallest absolute Gasteiger partial charge is 0.225 e. The lowest BCUT2D eigenvalue weighted by Crippen LogP contribution is -2.59. The number of nitrogens with zero attached hydrogens (tertiary/aromatic N) is 6. The van der Waals surface area contributed by atoms with Crippen LogP contribution in [0.25, 0.3) is 0 Å². The lowest BCUT2D eigenvalue weighted by Gasteiger charge is -2.44. The molecule has 2 aromatic rings. The van der Waals surface area contributed by atoms with Gasteiger partial charge in [-0.25, -0.2) is 9.97 Å². The standard InChI is InChI=1S/C18H22N6/c1-23(18-19-8-14(9-20-18)12-2-3-12)15-10-24(11-15)17-7-6-16(21-22-17)13-4-5-13/h6-9,12-13,15H,2-5,10-11H2,1H3. The molecule has 6 heteroatoms. The highest BCUT2D eigenvalue weighted by molar-refractivity contribution is 5.46. The molecule has 1 aliphatic heterocycles. The predicted octanol–water partition coefficient (Wildman–Crippen LogP) is 2.35. The third-order valence-corrected chi connectivity index (χ3v) is 5.42. The van der Waals surface area contributed by atoms with Gasteiger partial charge in [0.15, 0.2) is 5.82 Å². The van der Waals surface area contributed by atoms with E-state index < -0.39 is 0 Å². The number of rotatable bonds is 5. The molecule has 124 valence electrons. The summed E-state index contributed by atoms with van der Waals surface area (Å²) in [5, 5.41) is 8.77. The zero-order valence-electron chi connectivity index (χ0n) is 14.0. The summed E-state index contributed by atoms with van der Waals surface area (Å²) >= 11 is 0. The Bertz CT molecular complexity index is 714. The SMILES string of the molecule is CN(c1ncc(C2CC2)cn1)C1CN(c2ccc(C3CC3)nn2)C1. The Morgan fingerprint density at radius 2 is 1.67 bits per heavy atom. The molecule has 0 amide bonds. The lowest BCUT2D eigenvalue weighted by molar-refractivity contribution is 0.484. The normalized spacial score (nSPS) is 20.8. The van der Waals surface area contributed by atoms with Crippen molar-refractivity contribution < 1.29 is 0 Å². The largest absolute Gasteiger partial charge is 0.351 e. The van der Waals surface area contributed by atoms with Crippen LogP contribution in [0.1, 0.15) is 48.8 Å². The Hall–Kier alpha value is -2.24. The van der Waals surface area contributed by atoms with Crippen molar-refractivity contribution >= 4 is 11.8 Å². The maximum atomic E-state index is 4.55. The fourth-order valence-corrected chi connectivity index (χ4v) is 3.29. The van der Waals surface area contributed by atoms with Gasteiger partial charge >= 0.3 is 0 Å². The molecule has 0 atom stereocenters. The Labute approximate surface area is 141 Å². The molecule has 3 fully saturated rings. The monoisotopic (exact) mass is 322 g/mol. The summed E-state index contributed by atoms with van der Waals surface area (Å²) in [6, 6.07) is 4.68. The molecule has 0 bridgehead atoms. The minimum atomic E-state index is 0.432. The van der Waals surface area contributed by atoms with Gasteiger partial charge in [0, 0.05) is 38.4 Å². The third-order valence-electron chi connectivity index (χ3n) is 5.42. The topological polar surface area (TPSA) is 58.0 Å². The van der Waals surface area contributed by atoms with Gasteiger partial charge in [-0.3, -0.25) is 0 Å². The van der Waals surface area contributed by atoms with Gasteiger partial charge in [0.2, 0.25) is 5.95 Å². The van der Waals surface area contributed by atoms with Gasteiger partial charge in [0.05, 0.1) is 11.7 Å². The molecule has 3 heterocycles. The first-order chi connectivity index (χ1) is 11.8. The zero-order chi connectivity index (χ0) is 16.1. The van der Waals surface area contributed by atoms with Crippen LogP contribution < -0.4 is 9.80 Å². The average molecular weight is 322 g/mol. The highest BCUT2D eigenvalue weighted by Gasteiger charge is 2.33. The van der Waals surface area contributed by atoms with E-state index in [1.165, 1.54) is 31.2 Å². The Morgan fingerprint density at radius 1 is 0.958 bits per heavy atom. The molecule has 5 rings (SSSR count). The first-order valence-corrected chi connectivity index (χ1v) is 8.91. The van der Waals surface area contributed by atoms with E-state index in [2.05, 4.69) is 49.1 Å². The van der Waals surface area contributed by atoms with Gasteiger partial charge in [0.25, 0.3) is 0 Å². The van der Waals surface area contributed by atoms with E-state index in [-0.39, 0.29) is 0 Å². The minimum Gasteiger partial charge on any atom is -0.351 e. The van der Waals surface area contributed by atoms with Crippen molar-refractivity contribution in [2.24, 2.45) is 0 Å². The summed E-state index contributed by atoms with van der Waals surface area (Å²) < 4.78 is 0. The molecule has 2 aromatic heterocycles. The van der Waals surface area contributed by atoms with Crippen molar-refractivity contribution in [3.05, 3.63) is 35.8 Å². The first-order valence-electron chi connectivity index (χ1n) is 8.91. The molecule has 0 unspecified atom stereocenters. The van der Waals surface area contributed by atoms with Crippen molar-refractivity contribution in [3.63, 3.8) is 0 Å². The summed E-state index contributed by atoms with van der Waals surface area (Å²) in [5.74, 6) is 3.17. The molecule has 2 aliphatic carbocycles. The molecule has 6 nitrogen and oxygen atoms in total. The van der Waals surface area contributed by atoms with Crippen LogP contribution in [0.4, 0.5) is 11.8 Å². The first kappa shape index (κ1) is 14.1. The van der Waals surface area contributed by atoms with Crippen molar-refractivity contribution in [2.75, 3.05) is 29.9 Å². The number of anilines is 2. The molecule has 0 radical (unpaired) electrons. The molecule has 0 aromatic carbocycles. The summed E-state index contributed by atoms with van der Waals surface area (Å²) in [6.45, 7) is 1.89. The number of hydrogen-bond donors (Lipinski definition) is 0. The van der Waals surface area contributed by atoms with Crippen molar-refractivity contribution in [2.45, 2.75) is 43.6 Å². The van der Waals surface area contributed by atoms with E-state index in [1.807, 2.05) is 12.4 Å². The second kappa shape index (κ2) is 5.40. The third kappa shape index (κ3) is 2.60. The van der Waals surface area contributed by atoms with Gasteiger partial charge in [-0.2, -0.15) is 5.10 Å². The minimum absolute atomic E-state index is 0.432. The number of aromatic nitrogens is 4. The Balaban J connectivity index is 1.20. The predicted molar refractivity (Wildman–Crippen MR) is 92.4 cm³/mol. The second-order valence-corrected chi connectivity index (χ2v) is 7.35. The summed E-state index contributed by atoms with van der Waals surface area (Å²) in [5.41, 5.74) is 2.44. The quantitative estimate of drug-likeness (QED) is 0.842. The maximum Gasteiger partial charge on any atom is 0.225 e. The molecule has 24 heavy (non-hydrogen) atoms. The van der Waals surface area contributed by atoms with E-state index in [0.29, 0.717) is 17.9 Å². The van der Waals surface area contributed by atoms with E-state index in [9.17, 15) is 0 Å². The van der Waals surface area contributed by atoms with E-state index in [0.717, 1.165) is 30.5 Å². The van der Waals surface area contributed by atoms with E-state index in [4.69, 9.17) is 0 Å². The maximum absolute atomic E-state index is 4.55. The number of likely N-dealkylation sites (N-methyl/N-ethyl adjacent to an activating group) is 1. The Kier molecular flexibility index (Phi) is 3.18. The van der Waals surface area contributed by atoms with Crippen molar-refractivity contribution in [1.29, 1.82) is 0 Å². The molecular formula is C18H22N6. The molecule has 0 N–H and O–H groups in total. The fourth-order valence-electron chi connectivity index (χ4n) is 3.29. The molecule has 3 aliphatic rings. The highest BCUT2D eigenvalue weighted by atomic mass is 15.4. The molecule has 1 saturated heterocycles. The Morgan fingerprint density at radius 3 is 2.25 bits per heavy atom. The van der Waals surface area contributed by atoms with Crippen LogP contribution in [0, 0.1) is 0 Å².